The van der Waals surface area contributed by atoms with E-state index in [-0.39, 0.29) is 0 Å². The Morgan fingerprint density at radius 3 is 2.36 bits per heavy atom. The zero-order chi connectivity index (χ0) is 20.1. The summed E-state index contributed by atoms with van der Waals surface area (Å²) < 4.78 is 0. The Labute approximate surface area is 168 Å². The van der Waals surface area contributed by atoms with E-state index in [1.165, 1.54) is 37.7 Å². The normalized spacial score (nSPS) is 23.4. The molecular weight excluding hydrogens is 346 g/mol. The zero-order valence-corrected chi connectivity index (χ0v) is 17.4. The van der Waals surface area contributed by atoms with Gasteiger partial charge in [0.15, 0.2) is 0 Å². The first-order valence-electron chi connectivity index (χ1n) is 10.3. The topological polar surface area (TPSA) is 74.8 Å². The monoisotopic (exact) mass is 379 g/mol. The van der Waals surface area contributed by atoms with Gasteiger partial charge >= 0.3 is 0 Å². The average molecular weight is 380 g/mol. The van der Waals surface area contributed by atoms with Crippen LogP contribution in [0.1, 0.15) is 62.5 Å². The van der Waals surface area contributed by atoms with Gasteiger partial charge in [0, 0.05) is 18.3 Å². The molecule has 1 fully saturated rings. The van der Waals surface area contributed by atoms with E-state index in [1.54, 1.807) is 6.20 Å². The molecule has 1 aliphatic heterocycles. The predicted molar refractivity (Wildman–Crippen MR) is 119 cm³/mol. The van der Waals surface area contributed by atoms with Gasteiger partial charge in [-0.05, 0) is 50.9 Å². The van der Waals surface area contributed by atoms with Crippen molar-refractivity contribution in [1.29, 1.82) is 0 Å². The van der Waals surface area contributed by atoms with Crippen LogP contribution in [0.3, 0.4) is 0 Å². The molecule has 5 heteroatoms. The summed E-state index contributed by atoms with van der Waals surface area (Å²) in [6.45, 7) is 5.61. The SMILES string of the molecule is C=CN=C1CC(NC)(NC)C(c2ccc(C3CCCCC3)cc2)=N/C1=C(/C)N. The third-order valence-electron chi connectivity index (χ3n) is 6.07. The summed E-state index contributed by atoms with van der Waals surface area (Å²) in [5.74, 6) is 0.697. The van der Waals surface area contributed by atoms with Crippen molar-refractivity contribution in [3.8, 4) is 0 Å². The number of rotatable bonds is 5. The molecule has 1 aliphatic carbocycles. The van der Waals surface area contributed by atoms with Gasteiger partial charge in [-0.15, -0.1) is 0 Å². The Bertz CT molecular complexity index is 787. The second kappa shape index (κ2) is 8.84. The highest BCUT2D eigenvalue weighted by Crippen LogP contribution is 2.33. The third kappa shape index (κ3) is 3.96. The minimum atomic E-state index is -0.507. The number of hydrogen-bond acceptors (Lipinski definition) is 5. The maximum atomic E-state index is 6.14. The first kappa shape index (κ1) is 20.5. The lowest BCUT2D eigenvalue weighted by atomic mass is 9.82. The molecule has 0 saturated heterocycles. The Kier molecular flexibility index (Phi) is 6.47. The lowest BCUT2D eigenvalue weighted by Gasteiger charge is -2.39. The van der Waals surface area contributed by atoms with Gasteiger partial charge in [0.2, 0.25) is 0 Å². The van der Waals surface area contributed by atoms with Crippen LogP contribution in [0.2, 0.25) is 0 Å². The molecule has 1 heterocycles. The van der Waals surface area contributed by atoms with E-state index in [4.69, 9.17) is 10.7 Å². The van der Waals surface area contributed by atoms with Gasteiger partial charge in [0.05, 0.1) is 11.4 Å². The summed E-state index contributed by atoms with van der Waals surface area (Å²) in [5, 5.41) is 6.84. The van der Waals surface area contributed by atoms with Crippen LogP contribution in [0.25, 0.3) is 0 Å². The van der Waals surface area contributed by atoms with Crippen molar-refractivity contribution >= 4 is 11.4 Å². The van der Waals surface area contributed by atoms with Crippen molar-refractivity contribution in [2.24, 2.45) is 15.7 Å². The van der Waals surface area contributed by atoms with Crippen LogP contribution in [0, 0.1) is 0 Å². The number of nitrogens with two attached hydrogens (primary N) is 1. The Balaban J connectivity index is 2.03. The molecule has 150 valence electrons. The lowest BCUT2D eigenvalue weighted by molar-refractivity contribution is 0.416. The summed E-state index contributed by atoms with van der Waals surface area (Å²) in [4.78, 5) is 9.39. The van der Waals surface area contributed by atoms with Gasteiger partial charge < -0.3 is 5.73 Å². The fraction of sp³-hybridized carbons (Fsp3) is 0.478. The molecule has 1 saturated carbocycles. The highest BCUT2D eigenvalue weighted by atomic mass is 15.2. The summed E-state index contributed by atoms with van der Waals surface area (Å²) in [6.07, 6.45) is 8.86. The lowest BCUT2D eigenvalue weighted by Crippen LogP contribution is -2.63. The number of hydrogen-bond donors (Lipinski definition) is 3. The third-order valence-corrected chi connectivity index (χ3v) is 6.07. The van der Waals surface area contributed by atoms with Crippen LogP contribution in [-0.4, -0.2) is 31.2 Å². The van der Waals surface area contributed by atoms with E-state index >= 15 is 0 Å². The molecule has 5 nitrogen and oxygen atoms in total. The summed E-state index contributed by atoms with van der Waals surface area (Å²) in [7, 11) is 3.88. The number of likely N-dealkylation sites (N-methyl/N-ethyl adjacent to an activating group) is 2. The quantitative estimate of drug-likeness (QED) is 0.681. The molecule has 0 aromatic heterocycles. The zero-order valence-electron chi connectivity index (χ0n) is 17.4. The Morgan fingerprint density at radius 1 is 1.18 bits per heavy atom. The maximum Gasteiger partial charge on any atom is 0.118 e. The van der Waals surface area contributed by atoms with Crippen molar-refractivity contribution in [3.63, 3.8) is 0 Å². The number of nitrogens with zero attached hydrogens (tertiary/aromatic N) is 2. The van der Waals surface area contributed by atoms with Gasteiger partial charge in [-0.1, -0.05) is 50.1 Å². The van der Waals surface area contributed by atoms with E-state index in [2.05, 4.69) is 46.5 Å². The molecule has 28 heavy (non-hydrogen) atoms. The first-order valence-corrected chi connectivity index (χ1v) is 10.3. The fourth-order valence-corrected chi connectivity index (χ4v) is 4.42. The number of benzene rings is 1. The molecule has 0 spiro atoms. The number of allylic oxidation sites excluding steroid dienone is 2. The summed E-state index contributed by atoms with van der Waals surface area (Å²) >= 11 is 0. The molecule has 4 N–H and O–H groups in total. The minimum Gasteiger partial charge on any atom is -0.400 e. The molecule has 1 aromatic rings. The van der Waals surface area contributed by atoms with Crippen molar-refractivity contribution in [2.75, 3.05) is 14.1 Å². The standard InChI is InChI=1S/C23H33N5/c1-5-27-20-15-23(25-3,26-4)22(28-21(20)16(2)24)19-13-11-18(12-14-19)17-9-7-6-8-10-17/h5,11-14,17,25-26H,1,6-10,15,24H2,2-4H3/b21-16-,27-20?. The van der Waals surface area contributed by atoms with Gasteiger partial charge in [-0.3, -0.25) is 15.6 Å². The minimum absolute atomic E-state index is 0.507. The van der Waals surface area contributed by atoms with E-state index in [0.717, 1.165) is 22.7 Å². The van der Waals surface area contributed by atoms with Gasteiger partial charge in [0.1, 0.15) is 11.4 Å². The fourth-order valence-electron chi connectivity index (χ4n) is 4.42. The van der Waals surface area contributed by atoms with Crippen LogP contribution >= 0.6 is 0 Å². The van der Waals surface area contributed by atoms with E-state index in [0.29, 0.717) is 18.0 Å². The molecule has 0 atom stereocenters. The van der Waals surface area contributed by atoms with Crippen molar-refractivity contribution in [1.82, 2.24) is 10.6 Å². The Hall–Kier alpha value is -2.24. The van der Waals surface area contributed by atoms with Crippen molar-refractivity contribution < 1.29 is 0 Å². The molecule has 1 aromatic carbocycles. The van der Waals surface area contributed by atoms with Crippen molar-refractivity contribution in [3.05, 3.63) is 59.6 Å². The molecular formula is C23H33N5. The largest absolute Gasteiger partial charge is 0.400 e. The number of aliphatic imine (C=N–C) groups is 2. The van der Waals surface area contributed by atoms with Crippen LogP contribution in [-0.2, 0) is 0 Å². The van der Waals surface area contributed by atoms with Gasteiger partial charge in [-0.2, -0.15) is 0 Å². The molecule has 0 unspecified atom stereocenters. The predicted octanol–water partition coefficient (Wildman–Crippen LogP) is 3.84. The highest BCUT2D eigenvalue weighted by molar-refractivity contribution is 6.17. The number of nitrogens with one attached hydrogen (secondary N) is 2. The summed E-state index contributed by atoms with van der Waals surface area (Å²) in [6, 6.07) is 8.95. The maximum absolute atomic E-state index is 6.14. The molecule has 2 aliphatic rings. The first-order chi connectivity index (χ1) is 13.5. The van der Waals surface area contributed by atoms with Gasteiger partial charge in [-0.25, -0.2) is 4.99 Å². The highest BCUT2D eigenvalue weighted by Gasteiger charge is 2.40. The smallest absolute Gasteiger partial charge is 0.118 e. The molecule has 0 radical (unpaired) electrons. The van der Waals surface area contributed by atoms with Crippen LogP contribution in [0.5, 0.6) is 0 Å². The Morgan fingerprint density at radius 2 is 1.82 bits per heavy atom. The van der Waals surface area contributed by atoms with Gasteiger partial charge in [0.25, 0.3) is 0 Å². The van der Waals surface area contributed by atoms with E-state index in [1.807, 2.05) is 21.0 Å². The van der Waals surface area contributed by atoms with Crippen LogP contribution in [0.15, 0.2) is 58.4 Å². The van der Waals surface area contributed by atoms with Crippen LogP contribution in [0.4, 0.5) is 0 Å². The molecule has 0 bridgehead atoms. The molecule has 3 rings (SSSR count). The van der Waals surface area contributed by atoms with E-state index < -0.39 is 5.66 Å². The summed E-state index contributed by atoms with van der Waals surface area (Å²) in [5.41, 5.74) is 11.4. The second-order valence-corrected chi connectivity index (χ2v) is 7.79. The average Bonchev–Trinajstić information content (AvgIpc) is 2.74. The van der Waals surface area contributed by atoms with E-state index in [9.17, 15) is 0 Å². The van der Waals surface area contributed by atoms with Crippen LogP contribution < -0.4 is 16.4 Å². The second-order valence-electron chi connectivity index (χ2n) is 7.79. The molecule has 0 amide bonds. The van der Waals surface area contributed by atoms with Crippen molar-refractivity contribution in [2.45, 2.75) is 57.0 Å².